The van der Waals surface area contributed by atoms with E-state index < -0.39 is 0 Å². The minimum absolute atomic E-state index is 0.536. The summed E-state index contributed by atoms with van der Waals surface area (Å²) in [4.78, 5) is 0. The van der Waals surface area contributed by atoms with Crippen LogP contribution in [0.2, 0.25) is 0 Å². The van der Waals surface area contributed by atoms with Crippen molar-refractivity contribution in [1.82, 2.24) is 0 Å². The molecular formula is C12H24. The van der Waals surface area contributed by atoms with E-state index in [-0.39, 0.29) is 0 Å². The highest BCUT2D eigenvalue weighted by Crippen LogP contribution is 2.42. The molecule has 0 heteroatoms. The molecule has 0 heterocycles. The third-order valence-corrected chi connectivity index (χ3v) is 3.82. The van der Waals surface area contributed by atoms with E-state index in [9.17, 15) is 0 Å². The average molecular weight is 168 g/mol. The molecule has 0 radical (unpaired) electrons. The molecule has 1 rings (SSSR count). The lowest BCUT2D eigenvalue weighted by Gasteiger charge is -2.39. The first-order valence-electron chi connectivity index (χ1n) is 5.41. The highest BCUT2D eigenvalue weighted by Gasteiger charge is 2.31. The Balaban J connectivity index is 2.51. The van der Waals surface area contributed by atoms with E-state index in [0.717, 1.165) is 17.8 Å². The molecule has 0 aromatic carbocycles. The molecule has 72 valence electrons. The van der Waals surface area contributed by atoms with Gasteiger partial charge in [0.25, 0.3) is 0 Å². The second-order valence-corrected chi connectivity index (χ2v) is 5.83. The molecule has 12 heavy (non-hydrogen) atoms. The molecule has 1 aliphatic rings. The Bertz CT molecular complexity index is 141. The molecule has 0 spiro atoms. The fourth-order valence-corrected chi connectivity index (χ4v) is 2.33. The largest absolute Gasteiger partial charge is 0.0623 e. The molecule has 1 aliphatic carbocycles. The number of hydrogen-bond donors (Lipinski definition) is 0. The Morgan fingerprint density at radius 3 is 1.92 bits per heavy atom. The Morgan fingerprint density at radius 1 is 0.917 bits per heavy atom. The van der Waals surface area contributed by atoms with Crippen molar-refractivity contribution in [2.45, 2.75) is 53.9 Å². The summed E-state index contributed by atoms with van der Waals surface area (Å²) < 4.78 is 0. The van der Waals surface area contributed by atoms with Crippen molar-refractivity contribution in [1.29, 1.82) is 0 Å². The molecule has 0 N–H and O–H groups in total. The molecule has 0 unspecified atom stereocenters. The van der Waals surface area contributed by atoms with Gasteiger partial charge in [0.15, 0.2) is 0 Å². The van der Waals surface area contributed by atoms with Crippen LogP contribution in [0.15, 0.2) is 0 Å². The van der Waals surface area contributed by atoms with E-state index in [1.54, 1.807) is 0 Å². The molecule has 1 saturated carbocycles. The molecule has 0 aromatic rings. The number of hydrogen-bond acceptors (Lipinski definition) is 0. The average Bonchev–Trinajstić information content (AvgIpc) is 1.92. The normalized spacial score (nSPS) is 38.2. The monoisotopic (exact) mass is 168 g/mol. The first-order chi connectivity index (χ1) is 5.41. The highest BCUT2D eigenvalue weighted by molar-refractivity contribution is 4.82. The van der Waals surface area contributed by atoms with Gasteiger partial charge in [-0.1, -0.05) is 41.0 Å². The predicted molar refractivity (Wildman–Crippen MR) is 55.1 cm³/mol. The second-order valence-electron chi connectivity index (χ2n) is 5.83. The summed E-state index contributed by atoms with van der Waals surface area (Å²) in [6.07, 6.45) is 4.35. The van der Waals surface area contributed by atoms with Crippen LogP contribution < -0.4 is 0 Å². The van der Waals surface area contributed by atoms with E-state index in [0.29, 0.717) is 5.41 Å². The molecule has 1 fully saturated rings. The summed E-state index contributed by atoms with van der Waals surface area (Å²) in [6.45, 7) is 12.0. The van der Waals surface area contributed by atoms with Crippen molar-refractivity contribution in [2.24, 2.45) is 23.2 Å². The van der Waals surface area contributed by atoms with E-state index in [4.69, 9.17) is 0 Å². The van der Waals surface area contributed by atoms with Crippen LogP contribution in [-0.2, 0) is 0 Å². The molecule has 0 bridgehead atoms. The third-order valence-electron chi connectivity index (χ3n) is 3.82. The minimum atomic E-state index is 0.536. The predicted octanol–water partition coefficient (Wildman–Crippen LogP) is 4.10. The Labute approximate surface area is 77.7 Å². The topological polar surface area (TPSA) is 0 Å². The van der Waals surface area contributed by atoms with Crippen molar-refractivity contribution in [3.8, 4) is 0 Å². The standard InChI is InChI=1S/C12H24/c1-9-6-7-11(8-10(9)2)12(3,4)5/h9-11H,6-8H2,1-5H3/t9-,10+,11+/m1/s1. The Hall–Kier alpha value is 0. The fourth-order valence-electron chi connectivity index (χ4n) is 2.33. The first-order valence-corrected chi connectivity index (χ1v) is 5.41. The van der Waals surface area contributed by atoms with E-state index in [1.165, 1.54) is 19.3 Å². The minimum Gasteiger partial charge on any atom is -0.0623 e. The summed E-state index contributed by atoms with van der Waals surface area (Å²) in [7, 11) is 0. The van der Waals surface area contributed by atoms with Gasteiger partial charge in [0, 0.05) is 0 Å². The summed E-state index contributed by atoms with van der Waals surface area (Å²) >= 11 is 0. The zero-order valence-corrected chi connectivity index (χ0v) is 9.35. The van der Waals surface area contributed by atoms with Gasteiger partial charge in [-0.15, -0.1) is 0 Å². The van der Waals surface area contributed by atoms with Crippen LogP contribution in [0.5, 0.6) is 0 Å². The lowest BCUT2D eigenvalue weighted by Crippen LogP contribution is -2.29. The lowest BCUT2D eigenvalue weighted by molar-refractivity contribution is 0.114. The van der Waals surface area contributed by atoms with Crippen LogP contribution in [0.1, 0.15) is 53.9 Å². The van der Waals surface area contributed by atoms with Crippen LogP contribution in [0.4, 0.5) is 0 Å². The van der Waals surface area contributed by atoms with Gasteiger partial charge in [0.05, 0.1) is 0 Å². The molecule has 0 nitrogen and oxygen atoms in total. The molecule has 0 aromatic heterocycles. The molecule has 0 amide bonds. The summed E-state index contributed by atoms with van der Waals surface area (Å²) in [6, 6.07) is 0. The highest BCUT2D eigenvalue weighted by atomic mass is 14.4. The van der Waals surface area contributed by atoms with Gasteiger partial charge in [-0.3, -0.25) is 0 Å². The van der Waals surface area contributed by atoms with Crippen LogP contribution in [-0.4, -0.2) is 0 Å². The van der Waals surface area contributed by atoms with Gasteiger partial charge in [-0.05, 0) is 36.0 Å². The number of rotatable bonds is 0. The zero-order valence-electron chi connectivity index (χ0n) is 9.35. The second kappa shape index (κ2) is 3.40. The molecule has 3 atom stereocenters. The van der Waals surface area contributed by atoms with Crippen molar-refractivity contribution in [3.63, 3.8) is 0 Å². The Morgan fingerprint density at radius 2 is 1.50 bits per heavy atom. The van der Waals surface area contributed by atoms with Gasteiger partial charge in [0.2, 0.25) is 0 Å². The van der Waals surface area contributed by atoms with E-state index >= 15 is 0 Å². The molecular weight excluding hydrogens is 144 g/mol. The maximum absolute atomic E-state index is 2.42. The lowest BCUT2D eigenvalue weighted by atomic mass is 9.66. The summed E-state index contributed by atoms with van der Waals surface area (Å²) in [5, 5.41) is 0. The van der Waals surface area contributed by atoms with Gasteiger partial charge in [-0.25, -0.2) is 0 Å². The summed E-state index contributed by atoms with van der Waals surface area (Å²) in [5.41, 5.74) is 0.536. The van der Waals surface area contributed by atoms with Gasteiger partial charge < -0.3 is 0 Å². The third kappa shape index (κ3) is 2.24. The molecule has 0 aliphatic heterocycles. The van der Waals surface area contributed by atoms with Crippen LogP contribution in [0, 0.1) is 23.2 Å². The quantitative estimate of drug-likeness (QED) is 0.511. The van der Waals surface area contributed by atoms with Crippen LogP contribution >= 0.6 is 0 Å². The van der Waals surface area contributed by atoms with Gasteiger partial charge >= 0.3 is 0 Å². The van der Waals surface area contributed by atoms with Crippen molar-refractivity contribution in [3.05, 3.63) is 0 Å². The van der Waals surface area contributed by atoms with Crippen LogP contribution in [0.3, 0.4) is 0 Å². The maximum atomic E-state index is 2.42. The van der Waals surface area contributed by atoms with Gasteiger partial charge in [0.1, 0.15) is 0 Å². The Kier molecular flexibility index (Phi) is 2.85. The fraction of sp³-hybridized carbons (Fsp3) is 1.00. The van der Waals surface area contributed by atoms with Gasteiger partial charge in [-0.2, -0.15) is 0 Å². The van der Waals surface area contributed by atoms with Crippen molar-refractivity contribution < 1.29 is 0 Å². The van der Waals surface area contributed by atoms with Crippen molar-refractivity contribution in [2.75, 3.05) is 0 Å². The first kappa shape index (κ1) is 10.1. The maximum Gasteiger partial charge on any atom is -0.0354 e. The molecule has 0 saturated heterocycles. The van der Waals surface area contributed by atoms with E-state index in [2.05, 4.69) is 34.6 Å². The van der Waals surface area contributed by atoms with Crippen LogP contribution in [0.25, 0.3) is 0 Å². The zero-order chi connectivity index (χ0) is 9.35. The summed E-state index contributed by atoms with van der Waals surface area (Å²) in [5.74, 6) is 2.87. The SMILES string of the molecule is C[C@@H]1CC[C@H](C(C)(C)C)C[C@@H]1C. The smallest absolute Gasteiger partial charge is 0.0354 e. The van der Waals surface area contributed by atoms with Crippen molar-refractivity contribution >= 4 is 0 Å². The van der Waals surface area contributed by atoms with E-state index in [1.807, 2.05) is 0 Å².